The van der Waals surface area contributed by atoms with E-state index in [2.05, 4.69) is 11.9 Å². The second kappa shape index (κ2) is 8.73. The highest BCUT2D eigenvalue weighted by Crippen LogP contribution is 1.78. The normalized spacial score (nSPS) is 10.5. The van der Waals surface area contributed by atoms with E-state index in [1.807, 2.05) is 18.2 Å². The molecule has 0 aliphatic carbocycles. The molecule has 0 radical (unpaired) electrons. The molecule has 0 bridgehead atoms. The van der Waals surface area contributed by atoms with Crippen LogP contribution in [0.3, 0.4) is 0 Å². The lowest BCUT2D eigenvalue weighted by molar-refractivity contribution is 0.757. The smallest absolute Gasteiger partial charge is 0.0404 e. The summed E-state index contributed by atoms with van der Waals surface area (Å²) in [4.78, 5) is 0. The predicted octanol–water partition coefficient (Wildman–Crippen LogP) is 1.95. The van der Waals surface area contributed by atoms with Gasteiger partial charge in [0, 0.05) is 12.4 Å². The number of halogens is 1. The van der Waals surface area contributed by atoms with Crippen molar-refractivity contribution in [2.24, 2.45) is 0 Å². The molecular weight excluding hydrogens is 146 g/mol. The van der Waals surface area contributed by atoms with Crippen molar-refractivity contribution in [2.45, 2.75) is 6.42 Å². The molecule has 0 aromatic rings. The van der Waals surface area contributed by atoms with Crippen molar-refractivity contribution in [3.8, 4) is 0 Å². The molecule has 0 aromatic heterocycles. The molecule has 0 rings (SSSR count). The third-order valence-electron chi connectivity index (χ3n) is 1.04. The van der Waals surface area contributed by atoms with Gasteiger partial charge in [-0.3, -0.25) is 0 Å². The molecule has 0 aromatic carbocycles. The topological polar surface area (TPSA) is 12.0 Å². The van der Waals surface area contributed by atoms with Crippen LogP contribution in [0, 0.1) is 0 Å². The van der Waals surface area contributed by atoms with Gasteiger partial charge in [-0.05, 0) is 13.0 Å². The maximum absolute atomic E-state index is 5.41. The fourth-order valence-corrected chi connectivity index (χ4v) is 0.662. The molecule has 0 spiro atoms. The third kappa shape index (κ3) is 7.73. The van der Waals surface area contributed by atoms with Crippen molar-refractivity contribution in [1.29, 1.82) is 0 Å². The fraction of sp³-hybridized carbons (Fsp3) is 0.500. The zero-order valence-electron chi connectivity index (χ0n) is 6.15. The first-order valence-corrected chi connectivity index (χ1v) is 3.98. The molecule has 0 aliphatic heterocycles. The molecule has 1 N–H and O–H groups in total. The Morgan fingerprint density at radius 1 is 1.40 bits per heavy atom. The van der Waals surface area contributed by atoms with Crippen LogP contribution in [0.5, 0.6) is 0 Å². The lowest BCUT2D eigenvalue weighted by atomic mass is 10.4. The lowest BCUT2D eigenvalue weighted by Crippen LogP contribution is -2.14. The number of nitrogens with one attached hydrogen (secondary N) is 1. The van der Waals surface area contributed by atoms with Crippen molar-refractivity contribution in [2.75, 3.05) is 19.0 Å². The highest BCUT2D eigenvalue weighted by molar-refractivity contribution is 6.18. The predicted molar refractivity (Wildman–Crippen MR) is 47.5 cm³/mol. The maximum Gasteiger partial charge on any atom is 0.0404 e. The van der Waals surface area contributed by atoms with Crippen LogP contribution < -0.4 is 5.32 Å². The van der Waals surface area contributed by atoms with Gasteiger partial charge in [0.05, 0.1) is 0 Å². The first kappa shape index (κ1) is 9.73. The van der Waals surface area contributed by atoms with Crippen molar-refractivity contribution < 1.29 is 0 Å². The van der Waals surface area contributed by atoms with Gasteiger partial charge in [-0.25, -0.2) is 0 Å². The van der Waals surface area contributed by atoms with Crippen molar-refractivity contribution in [1.82, 2.24) is 5.32 Å². The van der Waals surface area contributed by atoms with Gasteiger partial charge >= 0.3 is 0 Å². The first-order chi connectivity index (χ1) is 4.91. The van der Waals surface area contributed by atoms with E-state index in [1.54, 1.807) is 0 Å². The van der Waals surface area contributed by atoms with Crippen molar-refractivity contribution >= 4 is 11.6 Å². The second-order valence-electron chi connectivity index (χ2n) is 1.91. The Morgan fingerprint density at radius 2 is 2.20 bits per heavy atom. The minimum absolute atomic E-state index is 0.600. The monoisotopic (exact) mass is 159 g/mol. The molecule has 0 unspecified atom stereocenters. The highest BCUT2D eigenvalue weighted by Gasteiger charge is 1.77. The summed E-state index contributed by atoms with van der Waals surface area (Å²) >= 11 is 5.41. The van der Waals surface area contributed by atoms with E-state index >= 15 is 0 Å². The van der Waals surface area contributed by atoms with Crippen molar-refractivity contribution in [3.05, 3.63) is 24.8 Å². The minimum atomic E-state index is 0.600. The number of hydrogen-bond acceptors (Lipinski definition) is 1. The molecule has 0 atom stereocenters. The average Bonchev–Trinajstić information content (AvgIpc) is 1.97. The van der Waals surface area contributed by atoms with Crippen LogP contribution in [0.15, 0.2) is 24.8 Å². The Morgan fingerprint density at radius 3 is 2.80 bits per heavy atom. The van der Waals surface area contributed by atoms with Crippen LogP contribution in [0.4, 0.5) is 0 Å². The van der Waals surface area contributed by atoms with Gasteiger partial charge in [-0.2, -0.15) is 0 Å². The number of hydrogen-bond donors (Lipinski definition) is 1. The first-order valence-electron chi connectivity index (χ1n) is 3.44. The van der Waals surface area contributed by atoms with Gasteiger partial charge < -0.3 is 5.32 Å². The molecule has 0 saturated heterocycles. The second-order valence-corrected chi connectivity index (χ2v) is 2.22. The molecule has 10 heavy (non-hydrogen) atoms. The number of rotatable bonds is 6. The van der Waals surface area contributed by atoms with Gasteiger partial charge in [0.25, 0.3) is 0 Å². The summed E-state index contributed by atoms with van der Waals surface area (Å²) in [5.41, 5.74) is 0. The van der Waals surface area contributed by atoms with E-state index in [-0.39, 0.29) is 0 Å². The fourth-order valence-electron chi connectivity index (χ4n) is 0.536. The number of alkyl halides is 1. The summed E-state index contributed by atoms with van der Waals surface area (Å²) in [6, 6.07) is 0. The highest BCUT2D eigenvalue weighted by atomic mass is 35.5. The van der Waals surface area contributed by atoms with E-state index in [4.69, 9.17) is 11.6 Å². The lowest BCUT2D eigenvalue weighted by Gasteiger charge is -1.95. The van der Waals surface area contributed by atoms with Crippen LogP contribution in [0.25, 0.3) is 0 Å². The Labute approximate surface area is 67.8 Å². The molecule has 0 saturated carbocycles. The summed E-state index contributed by atoms with van der Waals surface area (Å²) in [6.07, 6.45) is 6.88. The average molecular weight is 160 g/mol. The van der Waals surface area contributed by atoms with Crippen LogP contribution in [-0.4, -0.2) is 19.0 Å². The summed E-state index contributed by atoms with van der Waals surface area (Å²) in [6.45, 7) is 5.52. The molecule has 0 amide bonds. The number of allylic oxidation sites excluding steroid dienone is 1. The van der Waals surface area contributed by atoms with E-state index in [1.165, 1.54) is 0 Å². The van der Waals surface area contributed by atoms with Gasteiger partial charge in [-0.1, -0.05) is 18.2 Å². The van der Waals surface area contributed by atoms with Crippen LogP contribution in [0.1, 0.15) is 6.42 Å². The Balaban J connectivity index is 2.89. The summed E-state index contributed by atoms with van der Waals surface area (Å²) in [7, 11) is 0. The Kier molecular flexibility index (Phi) is 8.49. The van der Waals surface area contributed by atoms with E-state index in [0.717, 1.165) is 19.5 Å². The molecule has 2 heteroatoms. The zero-order valence-corrected chi connectivity index (χ0v) is 6.90. The standard InChI is InChI=1S/C8H14ClN/c1-2-3-7-10-8-5-4-6-9/h2,4-5,10H,1,3,6-8H2/b5-4+. The molecule has 0 aliphatic rings. The Bertz CT molecular complexity index is 99.4. The molecule has 1 nitrogen and oxygen atoms in total. The summed E-state index contributed by atoms with van der Waals surface area (Å²) in [5.74, 6) is 0.600. The zero-order chi connectivity index (χ0) is 7.66. The quantitative estimate of drug-likeness (QED) is 0.355. The largest absolute Gasteiger partial charge is 0.313 e. The van der Waals surface area contributed by atoms with Crippen LogP contribution in [0.2, 0.25) is 0 Å². The molecule has 0 fully saturated rings. The summed E-state index contributed by atoms with van der Waals surface area (Å²) < 4.78 is 0. The van der Waals surface area contributed by atoms with E-state index in [0.29, 0.717) is 5.88 Å². The van der Waals surface area contributed by atoms with Gasteiger partial charge in [0.15, 0.2) is 0 Å². The minimum Gasteiger partial charge on any atom is -0.313 e. The SMILES string of the molecule is C=CCCNC/C=C/CCl. The van der Waals surface area contributed by atoms with Crippen molar-refractivity contribution in [3.63, 3.8) is 0 Å². The van der Waals surface area contributed by atoms with E-state index < -0.39 is 0 Å². The van der Waals surface area contributed by atoms with Gasteiger partial charge in [0.2, 0.25) is 0 Å². The summed E-state index contributed by atoms with van der Waals surface area (Å²) in [5, 5.41) is 3.20. The molecular formula is C8H14ClN. The molecule has 0 heterocycles. The maximum atomic E-state index is 5.41. The Hall–Kier alpha value is -0.270. The third-order valence-corrected chi connectivity index (χ3v) is 1.22. The molecule has 58 valence electrons. The van der Waals surface area contributed by atoms with Crippen LogP contribution in [-0.2, 0) is 0 Å². The van der Waals surface area contributed by atoms with Crippen LogP contribution >= 0.6 is 11.6 Å². The van der Waals surface area contributed by atoms with E-state index in [9.17, 15) is 0 Å². The van der Waals surface area contributed by atoms with Gasteiger partial charge in [0.1, 0.15) is 0 Å². The van der Waals surface area contributed by atoms with Gasteiger partial charge in [-0.15, -0.1) is 18.2 Å².